The molecule has 2 rings (SSSR count). The maximum absolute atomic E-state index is 5.72. The Morgan fingerprint density at radius 1 is 1.40 bits per heavy atom. The highest BCUT2D eigenvalue weighted by Gasteiger charge is 2.04. The van der Waals surface area contributed by atoms with Crippen molar-refractivity contribution in [2.75, 3.05) is 0 Å². The summed E-state index contributed by atoms with van der Waals surface area (Å²) in [5, 5.41) is 7.73. The summed E-state index contributed by atoms with van der Waals surface area (Å²) in [6.45, 7) is 0.805. The molecule has 0 unspecified atom stereocenters. The molecule has 0 saturated carbocycles. The monoisotopic (exact) mass is 225 g/mol. The van der Waals surface area contributed by atoms with Gasteiger partial charge in [-0.15, -0.1) is 21.8 Å². The zero-order valence-electron chi connectivity index (χ0n) is 8.47. The van der Waals surface area contributed by atoms with Gasteiger partial charge in [0.15, 0.2) is 0 Å². The summed E-state index contributed by atoms with van der Waals surface area (Å²) in [7, 11) is 1.98. The Morgan fingerprint density at radius 3 is 2.93 bits per heavy atom. The smallest absolute Gasteiger partial charge is 0.147 e. The molecule has 2 aromatic rings. The summed E-state index contributed by atoms with van der Waals surface area (Å²) >= 11 is 5.72. The molecule has 0 N–H and O–H groups in total. The van der Waals surface area contributed by atoms with E-state index in [0.29, 0.717) is 5.88 Å². The lowest BCUT2D eigenvalue weighted by atomic mass is 10.4. The van der Waals surface area contributed by atoms with E-state index in [-0.39, 0.29) is 0 Å². The van der Waals surface area contributed by atoms with Crippen molar-refractivity contribution in [2.45, 2.75) is 18.8 Å². The second-order valence-electron chi connectivity index (χ2n) is 3.28. The lowest BCUT2D eigenvalue weighted by Crippen LogP contribution is -2.07. The fourth-order valence-corrected chi connectivity index (χ4v) is 1.63. The van der Waals surface area contributed by atoms with E-state index in [4.69, 9.17) is 11.6 Å². The molecule has 0 aliphatic rings. The van der Waals surface area contributed by atoms with Gasteiger partial charge in [-0.2, -0.15) is 0 Å². The SMILES string of the molecule is Cn1ccnc1CCn1cnnc1CCl. The average molecular weight is 226 g/mol. The molecule has 2 aromatic heterocycles. The van der Waals surface area contributed by atoms with Crippen molar-refractivity contribution >= 4 is 11.6 Å². The quantitative estimate of drug-likeness (QED) is 0.730. The van der Waals surface area contributed by atoms with Gasteiger partial charge >= 0.3 is 0 Å². The molecule has 0 atom stereocenters. The van der Waals surface area contributed by atoms with E-state index in [9.17, 15) is 0 Å². The third-order valence-corrected chi connectivity index (χ3v) is 2.55. The fourth-order valence-electron chi connectivity index (χ4n) is 1.43. The van der Waals surface area contributed by atoms with Crippen molar-refractivity contribution in [3.8, 4) is 0 Å². The van der Waals surface area contributed by atoms with E-state index in [2.05, 4.69) is 15.2 Å². The molecule has 0 saturated heterocycles. The van der Waals surface area contributed by atoms with Crippen molar-refractivity contribution in [2.24, 2.45) is 7.05 Å². The molecular formula is C9H12ClN5. The standard InChI is InChI=1S/C9H12ClN5/c1-14-5-3-11-8(14)2-4-15-7-12-13-9(15)6-10/h3,5,7H,2,4,6H2,1H3. The Hall–Kier alpha value is -1.36. The van der Waals surface area contributed by atoms with Crippen LogP contribution in [0.5, 0.6) is 0 Å². The molecule has 0 aliphatic carbocycles. The maximum atomic E-state index is 5.72. The Balaban J connectivity index is 2.02. The van der Waals surface area contributed by atoms with Gasteiger partial charge in [0.25, 0.3) is 0 Å². The van der Waals surface area contributed by atoms with Crippen LogP contribution in [-0.4, -0.2) is 24.3 Å². The Kier molecular flexibility index (Phi) is 3.01. The minimum absolute atomic E-state index is 0.389. The molecule has 0 spiro atoms. The van der Waals surface area contributed by atoms with Crippen molar-refractivity contribution < 1.29 is 0 Å². The first-order chi connectivity index (χ1) is 7.31. The molecule has 0 fully saturated rings. The molecule has 80 valence electrons. The summed E-state index contributed by atoms with van der Waals surface area (Å²) < 4.78 is 3.95. The predicted molar refractivity (Wildman–Crippen MR) is 56.5 cm³/mol. The zero-order chi connectivity index (χ0) is 10.7. The van der Waals surface area contributed by atoms with Gasteiger partial charge in [0, 0.05) is 32.4 Å². The van der Waals surface area contributed by atoms with Crippen LogP contribution in [0.4, 0.5) is 0 Å². The number of aromatic nitrogens is 5. The third-order valence-electron chi connectivity index (χ3n) is 2.31. The van der Waals surface area contributed by atoms with Crippen LogP contribution in [0.3, 0.4) is 0 Å². The van der Waals surface area contributed by atoms with Crippen LogP contribution in [0.25, 0.3) is 0 Å². The van der Waals surface area contributed by atoms with Gasteiger partial charge < -0.3 is 9.13 Å². The van der Waals surface area contributed by atoms with E-state index >= 15 is 0 Å². The van der Waals surface area contributed by atoms with Crippen molar-refractivity contribution in [1.29, 1.82) is 0 Å². The first kappa shape index (κ1) is 10.2. The normalized spacial score (nSPS) is 10.8. The first-order valence-electron chi connectivity index (χ1n) is 4.70. The third kappa shape index (κ3) is 2.18. The van der Waals surface area contributed by atoms with Crippen LogP contribution in [-0.2, 0) is 25.9 Å². The number of aryl methyl sites for hydroxylation is 3. The number of imidazole rings is 1. The minimum Gasteiger partial charge on any atom is -0.338 e. The van der Waals surface area contributed by atoms with Crippen LogP contribution in [0, 0.1) is 0 Å². The van der Waals surface area contributed by atoms with Gasteiger partial charge in [-0.1, -0.05) is 0 Å². The Morgan fingerprint density at radius 2 is 2.27 bits per heavy atom. The van der Waals surface area contributed by atoms with Crippen LogP contribution in [0.1, 0.15) is 11.6 Å². The number of nitrogens with zero attached hydrogens (tertiary/aromatic N) is 5. The van der Waals surface area contributed by atoms with Gasteiger partial charge in [-0.3, -0.25) is 0 Å². The summed E-state index contributed by atoms with van der Waals surface area (Å²) in [5.41, 5.74) is 0. The summed E-state index contributed by atoms with van der Waals surface area (Å²) in [6, 6.07) is 0. The molecule has 6 heteroatoms. The molecule has 0 radical (unpaired) electrons. The summed E-state index contributed by atoms with van der Waals surface area (Å²) in [5.74, 6) is 2.23. The number of hydrogen-bond acceptors (Lipinski definition) is 3. The summed E-state index contributed by atoms with van der Waals surface area (Å²) in [4.78, 5) is 4.25. The highest BCUT2D eigenvalue weighted by atomic mass is 35.5. The van der Waals surface area contributed by atoms with Crippen LogP contribution >= 0.6 is 11.6 Å². The van der Waals surface area contributed by atoms with Crippen LogP contribution in [0.2, 0.25) is 0 Å². The van der Waals surface area contributed by atoms with Crippen molar-refractivity contribution in [3.63, 3.8) is 0 Å². The highest BCUT2D eigenvalue weighted by Crippen LogP contribution is 2.03. The maximum Gasteiger partial charge on any atom is 0.147 e. The zero-order valence-corrected chi connectivity index (χ0v) is 9.22. The van der Waals surface area contributed by atoms with Gasteiger partial charge in [0.1, 0.15) is 18.0 Å². The van der Waals surface area contributed by atoms with E-state index in [1.807, 2.05) is 22.4 Å². The van der Waals surface area contributed by atoms with E-state index in [0.717, 1.165) is 24.6 Å². The van der Waals surface area contributed by atoms with Crippen LogP contribution in [0.15, 0.2) is 18.7 Å². The largest absolute Gasteiger partial charge is 0.338 e. The molecule has 15 heavy (non-hydrogen) atoms. The Labute approximate surface area is 92.7 Å². The van der Waals surface area contributed by atoms with Gasteiger partial charge in [0.2, 0.25) is 0 Å². The fraction of sp³-hybridized carbons (Fsp3) is 0.444. The summed E-state index contributed by atoms with van der Waals surface area (Å²) in [6.07, 6.45) is 6.28. The second kappa shape index (κ2) is 4.44. The van der Waals surface area contributed by atoms with E-state index in [1.54, 1.807) is 12.5 Å². The van der Waals surface area contributed by atoms with Crippen molar-refractivity contribution in [1.82, 2.24) is 24.3 Å². The van der Waals surface area contributed by atoms with Gasteiger partial charge in [-0.05, 0) is 0 Å². The molecule has 0 amide bonds. The molecule has 5 nitrogen and oxygen atoms in total. The number of hydrogen-bond donors (Lipinski definition) is 0. The second-order valence-corrected chi connectivity index (χ2v) is 3.55. The Bertz CT molecular complexity index is 433. The minimum atomic E-state index is 0.389. The molecule has 0 aliphatic heterocycles. The topological polar surface area (TPSA) is 48.5 Å². The van der Waals surface area contributed by atoms with Crippen molar-refractivity contribution in [3.05, 3.63) is 30.4 Å². The average Bonchev–Trinajstić information content (AvgIpc) is 2.83. The van der Waals surface area contributed by atoms with Gasteiger partial charge in [0.05, 0.1) is 5.88 Å². The lowest BCUT2D eigenvalue weighted by molar-refractivity contribution is 0.631. The van der Waals surface area contributed by atoms with Gasteiger partial charge in [-0.25, -0.2) is 4.98 Å². The van der Waals surface area contributed by atoms with Crippen LogP contribution < -0.4 is 0 Å². The number of alkyl halides is 1. The number of halogens is 1. The van der Waals surface area contributed by atoms with E-state index in [1.165, 1.54) is 0 Å². The molecular weight excluding hydrogens is 214 g/mol. The lowest BCUT2D eigenvalue weighted by Gasteiger charge is -2.04. The molecule has 0 aromatic carbocycles. The predicted octanol–water partition coefficient (Wildman–Crippen LogP) is 0.993. The highest BCUT2D eigenvalue weighted by molar-refractivity contribution is 6.16. The molecule has 0 bridgehead atoms. The van der Waals surface area contributed by atoms with E-state index < -0.39 is 0 Å². The first-order valence-corrected chi connectivity index (χ1v) is 5.23. The number of rotatable bonds is 4. The molecule has 2 heterocycles.